The van der Waals surface area contributed by atoms with Gasteiger partial charge in [-0.2, -0.15) is 5.10 Å². The number of halogens is 2. The number of benzene rings is 1. The zero-order valence-corrected chi connectivity index (χ0v) is 10.7. The number of aromatic nitrogens is 2. The minimum Gasteiger partial charge on any atom is -0.486 e. The van der Waals surface area contributed by atoms with Crippen LogP contribution in [0.25, 0.3) is 0 Å². The molecular formula is C11H11Cl2N3O. The Bertz CT molecular complexity index is 520. The average molecular weight is 272 g/mol. The molecule has 0 unspecified atom stereocenters. The molecule has 6 heteroatoms. The molecule has 4 nitrogen and oxygen atoms in total. The van der Waals surface area contributed by atoms with E-state index in [9.17, 15) is 0 Å². The van der Waals surface area contributed by atoms with E-state index < -0.39 is 0 Å². The van der Waals surface area contributed by atoms with E-state index in [2.05, 4.69) is 5.10 Å². The molecule has 0 fully saturated rings. The Kier molecular flexibility index (Phi) is 3.45. The summed E-state index contributed by atoms with van der Waals surface area (Å²) >= 11 is 11.8. The highest BCUT2D eigenvalue weighted by atomic mass is 35.5. The summed E-state index contributed by atoms with van der Waals surface area (Å²) in [6.45, 7) is 0.312. The smallest absolute Gasteiger partial charge is 0.138 e. The lowest BCUT2D eigenvalue weighted by molar-refractivity contribution is 0.300. The van der Waals surface area contributed by atoms with Gasteiger partial charge in [0.1, 0.15) is 23.9 Å². The van der Waals surface area contributed by atoms with Gasteiger partial charge in [0.2, 0.25) is 0 Å². The van der Waals surface area contributed by atoms with Gasteiger partial charge in [-0.05, 0) is 18.2 Å². The van der Waals surface area contributed by atoms with Crippen molar-refractivity contribution in [3.05, 3.63) is 40.0 Å². The molecule has 0 bridgehead atoms. The summed E-state index contributed by atoms with van der Waals surface area (Å²) in [7, 11) is 1.77. The van der Waals surface area contributed by atoms with E-state index in [1.165, 1.54) is 0 Å². The number of hydrogen-bond acceptors (Lipinski definition) is 3. The number of aryl methyl sites for hydroxylation is 1. The number of nitrogens with two attached hydrogens (primary N) is 1. The van der Waals surface area contributed by atoms with Gasteiger partial charge in [0, 0.05) is 18.1 Å². The van der Waals surface area contributed by atoms with E-state index in [0.29, 0.717) is 28.2 Å². The Morgan fingerprint density at radius 3 is 2.71 bits per heavy atom. The SMILES string of the molecule is Cn1nc(COc2ccc(Cl)cc2Cl)cc1N. The van der Waals surface area contributed by atoms with Gasteiger partial charge in [-0.1, -0.05) is 23.2 Å². The first-order chi connectivity index (χ1) is 8.06. The van der Waals surface area contributed by atoms with Crippen LogP contribution in [0.1, 0.15) is 5.69 Å². The van der Waals surface area contributed by atoms with Crippen molar-refractivity contribution in [1.29, 1.82) is 0 Å². The molecule has 0 amide bonds. The Hall–Kier alpha value is -1.39. The van der Waals surface area contributed by atoms with Crippen LogP contribution in [0.5, 0.6) is 5.75 Å². The third-order valence-electron chi connectivity index (χ3n) is 2.24. The van der Waals surface area contributed by atoms with Crippen molar-refractivity contribution in [2.24, 2.45) is 7.05 Å². The Labute approximate surface area is 109 Å². The van der Waals surface area contributed by atoms with E-state index in [0.717, 1.165) is 5.69 Å². The minimum absolute atomic E-state index is 0.312. The fourth-order valence-corrected chi connectivity index (χ4v) is 1.82. The van der Waals surface area contributed by atoms with E-state index in [1.807, 2.05) is 0 Å². The maximum atomic E-state index is 5.97. The van der Waals surface area contributed by atoms with Crippen LogP contribution in [0, 0.1) is 0 Å². The van der Waals surface area contributed by atoms with Crippen LogP contribution < -0.4 is 10.5 Å². The highest BCUT2D eigenvalue weighted by molar-refractivity contribution is 6.35. The predicted molar refractivity (Wildman–Crippen MR) is 68.4 cm³/mol. The average Bonchev–Trinajstić information content (AvgIpc) is 2.57. The van der Waals surface area contributed by atoms with Gasteiger partial charge in [-0.3, -0.25) is 4.68 Å². The number of anilines is 1. The van der Waals surface area contributed by atoms with Crippen molar-refractivity contribution in [3.63, 3.8) is 0 Å². The molecule has 0 aliphatic heterocycles. The number of nitrogens with zero attached hydrogens (tertiary/aromatic N) is 2. The molecule has 1 aromatic heterocycles. The second-order valence-corrected chi connectivity index (χ2v) is 4.39. The van der Waals surface area contributed by atoms with Crippen molar-refractivity contribution in [2.75, 3.05) is 5.73 Å². The van der Waals surface area contributed by atoms with E-state index in [-0.39, 0.29) is 0 Å². The van der Waals surface area contributed by atoms with Crippen LogP contribution in [0.3, 0.4) is 0 Å². The maximum Gasteiger partial charge on any atom is 0.138 e. The monoisotopic (exact) mass is 271 g/mol. The zero-order chi connectivity index (χ0) is 12.4. The highest BCUT2D eigenvalue weighted by Crippen LogP contribution is 2.28. The first kappa shape index (κ1) is 12.1. The molecule has 17 heavy (non-hydrogen) atoms. The van der Waals surface area contributed by atoms with Gasteiger partial charge >= 0.3 is 0 Å². The summed E-state index contributed by atoms with van der Waals surface area (Å²) in [5, 5.41) is 5.22. The van der Waals surface area contributed by atoms with Gasteiger partial charge in [0.15, 0.2) is 0 Å². The number of ether oxygens (including phenoxy) is 1. The van der Waals surface area contributed by atoms with Crippen LogP contribution in [0.4, 0.5) is 5.82 Å². The quantitative estimate of drug-likeness (QED) is 0.934. The Balaban J connectivity index is 2.07. The van der Waals surface area contributed by atoms with Crippen LogP contribution in [0.15, 0.2) is 24.3 Å². The third kappa shape index (κ3) is 2.84. The maximum absolute atomic E-state index is 5.97. The summed E-state index contributed by atoms with van der Waals surface area (Å²) in [6, 6.07) is 6.82. The zero-order valence-electron chi connectivity index (χ0n) is 9.15. The summed E-state index contributed by atoms with van der Waals surface area (Å²) in [4.78, 5) is 0. The van der Waals surface area contributed by atoms with Crippen molar-refractivity contribution in [1.82, 2.24) is 9.78 Å². The van der Waals surface area contributed by atoms with E-state index in [4.69, 9.17) is 33.7 Å². The number of nitrogen functional groups attached to an aromatic ring is 1. The second kappa shape index (κ2) is 4.85. The third-order valence-corrected chi connectivity index (χ3v) is 2.77. The van der Waals surface area contributed by atoms with Crippen molar-refractivity contribution in [2.45, 2.75) is 6.61 Å². The first-order valence-electron chi connectivity index (χ1n) is 4.92. The lowest BCUT2D eigenvalue weighted by Crippen LogP contribution is -1.99. The molecule has 0 aliphatic rings. The lowest BCUT2D eigenvalue weighted by Gasteiger charge is -2.06. The van der Waals surface area contributed by atoms with Crippen molar-refractivity contribution >= 4 is 29.0 Å². The molecule has 0 atom stereocenters. The molecule has 90 valence electrons. The van der Waals surface area contributed by atoms with Gasteiger partial charge in [0.25, 0.3) is 0 Å². The fraction of sp³-hybridized carbons (Fsp3) is 0.182. The van der Waals surface area contributed by atoms with Gasteiger partial charge in [-0.15, -0.1) is 0 Å². The summed E-state index contributed by atoms with van der Waals surface area (Å²) in [5.74, 6) is 1.16. The first-order valence-corrected chi connectivity index (χ1v) is 5.68. The standard InChI is InChI=1S/C11H11Cl2N3O/c1-16-11(14)5-8(15-16)6-17-10-3-2-7(12)4-9(10)13/h2-5H,6,14H2,1H3. The van der Waals surface area contributed by atoms with Gasteiger partial charge in [0.05, 0.1) is 5.02 Å². The molecule has 0 saturated carbocycles. The Morgan fingerprint density at radius 1 is 1.35 bits per heavy atom. The van der Waals surface area contributed by atoms with Gasteiger partial charge in [-0.25, -0.2) is 0 Å². The summed E-state index contributed by atoms with van der Waals surface area (Å²) in [5.41, 5.74) is 6.41. The Morgan fingerprint density at radius 2 is 2.12 bits per heavy atom. The fourth-order valence-electron chi connectivity index (χ4n) is 1.36. The normalized spacial score (nSPS) is 10.5. The van der Waals surface area contributed by atoms with Crippen LogP contribution >= 0.6 is 23.2 Å². The van der Waals surface area contributed by atoms with E-state index in [1.54, 1.807) is 36.0 Å². The summed E-state index contributed by atoms with van der Waals surface area (Å²) in [6.07, 6.45) is 0. The van der Waals surface area contributed by atoms with Crippen LogP contribution in [-0.2, 0) is 13.7 Å². The van der Waals surface area contributed by atoms with Gasteiger partial charge < -0.3 is 10.5 Å². The number of rotatable bonds is 3. The van der Waals surface area contributed by atoms with Crippen LogP contribution in [0.2, 0.25) is 10.0 Å². The minimum atomic E-state index is 0.312. The predicted octanol–water partition coefficient (Wildman–Crippen LogP) is 2.89. The second-order valence-electron chi connectivity index (χ2n) is 3.55. The molecule has 1 aromatic carbocycles. The largest absolute Gasteiger partial charge is 0.486 e. The molecule has 1 heterocycles. The molecule has 2 N–H and O–H groups in total. The van der Waals surface area contributed by atoms with Crippen LogP contribution in [-0.4, -0.2) is 9.78 Å². The highest BCUT2D eigenvalue weighted by Gasteiger charge is 2.05. The molecule has 2 aromatic rings. The molecule has 0 aliphatic carbocycles. The lowest BCUT2D eigenvalue weighted by atomic mass is 10.3. The number of hydrogen-bond donors (Lipinski definition) is 1. The molecular weight excluding hydrogens is 261 g/mol. The molecule has 2 rings (SSSR count). The van der Waals surface area contributed by atoms with Crippen molar-refractivity contribution in [3.8, 4) is 5.75 Å². The molecule has 0 saturated heterocycles. The molecule has 0 spiro atoms. The van der Waals surface area contributed by atoms with Crippen molar-refractivity contribution < 1.29 is 4.74 Å². The molecule has 0 radical (unpaired) electrons. The topological polar surface area (TPSA) is 53.1 Å². The van der Waals surface area contributed by atoms with E-state index >= 15 is 0 Å². The summed E-state index contributed by atoms with van der Waals surface area (Å²) < 4.78 is 7.11.